The predicted molar refractivity (Wildman–Crippen MR) is 68.1 cm³/mol. The lowest BCUT2D eigenvalue weighted by molar-refractivity contribution is -0.213. The molecule has 0 bridgehead atoms. The van der Waals surface area contributed by atoms with Crippen LogP contribution in [0, 0.1) is 11.8 Å². The number of nitrogens with zero attached hydrogens (tertiary/aromatic N) is 1. The molecule has 2 aliphatic rings. The SMILES string of the molecule is CC1CCC2C(OC(=O)C(F)(F)F)CC(C)N(C)C2C1. The number of hydrogen-bond acceptors (Lipinski definition) is 3. The molecular weight excluding hydrogens is 271 g/mol. The first kappa shape index (κ1) is 15.6. The second-order valence-corrected chi connectivity index (χ2v) is 6.34. The van der Waals surface area contributed by atoms with Crippen molar-refractivity contribution < 1.29 is 22.7 Å². The van der Waals surface area contributed by atoms with Crippen molar-refractivity contribution in [3.63, 3.8) is 0 Å². The van der Waals surface area contributed by atoms with E-state index in [0.717, 1.165) is 19.3 Å². The molecule has 1 heterocycles. The summed E-state index contributed by atoms with van der Waals surface area (Å²) in [5, 5.41) is 0. The molecule has 1 saturated carbocycles. The fraction of sp³-hybridized carbons (Fsp3) is 0.929. The summed E-state index contributed by atoms with van der Waals surface area (Å²) < 4.78 is 41.9. The van der Waals surface area contributed by atoms with Gasteiger partial charge in [-0.25, -0.2) is 4.79 Å². The molecule has 0 aromatic carbocycles. The van der Waals surface area contributed by atoms with E-state index in [2.05, 4.69) is 11.8 Å². The van der Waals surface area contributed by atoms with Gasteiger partial charge in [0, 0.05) is 24.4 Å². The van der Waals surface area contributed by atoms with Crippen molar-refractivity contribution in [1.82, 2.24) is 4.90 Å². The largest absolute Gasteiger partial charge is 0.490 e. The van der Waals surface area contributed by atoms with Gasteiger partial charge >= 0.3 is 12.1 Å². The molecule has 6 heteroatoms. The molecule has 0 spiro atoms. The van der Waals surface area contributed by atoms with Crippen LogP contribution in [0.1, 0.15) is 39.5 Å². The Morgan fingerprint density at radius 3 is 2.45 bits per heavy atom. The molecule has 0 N–H and O–H groups in total. The highest BCUT2D eigenvalue weighted by Gasteiger charge is 2.48. The highest BCUT2D eigenvalue weighted by Crippen LogP contribution is 2.41. The standard InChI is InChI=1S/C14H22F3NO2/c1-8-4-5-10-11(6-8)18(3)9(2)7-12(10)20-13(19)14(15,16)17/h8-12H,4-7H2,1-3H3. The van der Waals surface area contributed by atoms with Gasteiger partial charge in [-0.15, -0.1) is 0 Å². The topological polar surface area (TPSA) is 29.5 Å². The van der Waals surface area contributed by atoms with Crippen LogP contribution in [-0.2, 0) is 9.53 Å². The van der Waals surface area contributed by atoms with E-state index in [-0.39, 0.29) is 18.0 Å². The number of alkyl halides is 3. The number of carbonyl (C=O) groups is 1. The van der Waals surface area contributed by atoms with Crippen molar-refractivity contribution in [3.05, 3.63) is 0 Å². The number of carbonyl (C=O) groups excluding carboxylic acids is 1. The maximum absolute atomic E-state index is 12.4. The molecule has 0 radical (unpaired) electrons. The van der Waals surface area contributed by atoms with Crippen molar-refractivity contribution in [1.29, 1.82) is 0 Å². The number of ether oxygens (including phenoxy) is 1. The molecule has 116 valence electrons. The molecule has 5 atom stereocenters. The van der Waals surface area contributed by atoms with E-state index < -0.39 is 18.2 Å². The fourth-order valence-corrected chi connectivity index (χ4v) is 3.62. The second kappa shape index (κ2) is 5.54. The molecule has 1 aliphatic heterocycles. The lowest BCUT2D eigenvalue weighted by Gasteiger charge is -2.50. The molecular formula is C14H22F3NO2. The minimum absolute atomic E-state index is 0.0266. The summed E-state index contributed by atoms with van der Waals surface area (Å²) in [7, 11) is 2.02. The average Bonchev–Trinajstić information content (AvgIpc) is 2.34. The maximum atomic E-state index is 12.4. The third kappa shape index (κ3) is 3.10. The van der Waals surface area contributed by atoms with Crippen LogP contribution in [0.5, 0.6) is 0 Å². The van der Waals surface area contributed by atoms with E-state index in [0.29, 0.717) is 12.3 Å². The third-order valence-corrected chi connectivity index (χ3v) is 4.89. The molecule has 1 aliphatic carbocycles. The van der Waals surface area contributed by atoms with Gasteiger partial charge < -0.3 is 9.64 Å². The third-order valence-electron chi connectivity index (χ3n) is 4.89. The van der Waals surface area contributed by atoms with Crippen LogP contribution < -0.4 is 0 Å². The van der Waals surface area contributed by atoms with Crippen molar-refractivity contribution in [2.45, 2.75) is 63.9 Å². The van der Waals surface area contributed by atoms with Crippen LogP contribution >= 0.6 is 0 Å². The molecule has 20 heavy (non-hydrogen) atoms. The number of piperidine rings is 1. The summed E-state index contributed by atoms with van der Waals surface area (Å²) in [6, 6.07) is 0.348. The average molecular weight is 293 g/mol. The second-order valence-electron chi connectivity index (χ2n) is 6.34. The van der Waals surface area contributed by atoms with Gasteiger partial charge in [0.25, 0.3) is 0 Å². The van der Waals surface area contributed by atoms with E-state index in [1.807, 2.05) is 14.0 Å². The summed E-state index contributed by atoms with van der Waals surface area (Å²) in [4.78, 5) is 13.3. The Morgan fingerprint density at radius 1 is 1.20 bits per heavy atom. The molecule has 3 nitrogen and oxygen atoms in total. The molecule has 0 aromatic heterocycles. The minimum Gasteiger partial charge on any atom is -0.455 e. The van der Waals surface area contributed by atoms with Crippen LogP contribution in [0.2, 0.25) is 0 Å². The highest BCUT2D eigenvalue weighted by atomic mass is 19.4. The Labute approximate surface area is 117 Å². The minimum atomic E-state index is -4.90. The summed E-state index contributed by atoms with van der Waals surface area (Å²) in [6.45, 7) is 4.14. The smallest absolute Gasteiger partial charge is 0.455 e. The van der Waals surface area contributed by atoms with Gasteiger partial charge in [-0.3, -0.25) is 0 Å². The highest BCUT2D eigenvalue weighted by molar-refractivity contribution is 5.75. The Bertz CT molecular complexity index is 372. The van der Waals surface area contributed by atoms with Crippen LogP contribution in [0.25, 0.3) is 0 Å². The molecule has 5 unspecified atom stereocenters. The van der Waals surface area contributed by atoms with Gasteiger partial charge in [0.15, 0.2) is 0 Å². The zero-order valence-electron chi connectivity index (χ0n) is 12.1. The van der Waals surface area contributed by atoms with E-state index >= 15 is 0 Å². The van der Waals surface area contributed by atoms with Crippen molar-refractivity contribution in [2.75, 3.05) is 7.05 Å². The first-order chi connectivity index (χ1) is 9.20. The van der Waals surface area contributed by atoms with Crippen LogP contribution in [-0.4, -0.2) is 42.3 Å². The number of esters is 1. The maximum Gasteiger partial charge on any atom is 0.490 e. The van der Waals surface area contributed by atoms with Gasteiger partial charge in [-0.05, 0) is 32.7 Å². The molecule has 0 aromatic rings. The van der Waals surface area contributed by atoms with E-state index in [1.165, 1.54) is 0 Å². The summed E-state index contributed by atoms with van der Waals surface area (Å²) in [5.74, 6) is -1.45. The first-order valence-corrected chi connectivity index (χ1v) is 7.20. The van der Waals surface area contributed by atoms with Gasteiger partial charge in [0.05, 0.1) is 0 Å². The van der Waals surface area contributed by atoms with Crippen LogP contribution in [0.3, 0.4) is 0 Å². The molecule has 1 saturated heterocycles. The van der Waals surface area contributed by atoms with Gasteiger partial charge in [0.2, 0.25) is 0 Å². The van der Waals surface area contributed by atoms with E-state index in [1.54, 1.807) is 0 Å². The van der Waals surface area contributed by atoms with Crippen molar-refractivity contribution in [2.24, 2.45) is 11.8 Å². The summed E-state index contributed by atoms with van der Waals surface area (Å²) >= 11 is 0. The Morgan fingerprint density at radius 2 is 1.85 bits per heavy atom. The normalized spacial score (nSPS) is 39.2. The number of likely N-dealkylation sites (tertiary alicyclic amines) is 1. The van der Waals surface area contributed by atoms with Crippen molar-refractivity contribution >= 4 is 5.97 Å². The van der Waals surface area contributed by atoms with Crippen molar-refractivity contribution in [3.8, 4) is 0 Å². The zero-order chi connectivity index (χ0) is 15.1. The molecule has 2 fully saturated rings. The van der Waals surface area contributed by atoms with Crippen LogP contribution in [0.15, 0.2) is 0 Å². The zero-order valence-corrected chi connectivity index (χ0v) is 12.1. The van der Waals surface area contributed by atoms with E-state index in [4.69, 9.17) is 4.74 Å². The molecule has 2 rings (SSSR count). The quantitative estimate of drug-likeness (QED) is 0.696. The van der Waals surface area contributed by atoms with Gasteiger partial charge in [-0.1, -0.05) is 13.3 Å². The summed E-state index contributed by atoms with van der Waals surface area (Å²) in [5.41, 5.74) is 0. The lowest BCUT2D eigenvalue weighted by Crippen LogP contribution is -2.57. The van der Waals surface area contributed by atoms with Gasteiger partial charge in [0.1, 0.15) is 6.10 Å². The lowest BCUT2D eigenvalue weighted by atomic mass is 9.71. The number of halogens is 3. The molecule has 0 amide bonds. The summed E-state index contributed by atoms with van der Waals surface area (Å²) in [6.07, 6.45) is -2.24. The predicted octanol–water partition coefficient (Wildman–Crippen LogP) is 2.99. The van der Waals surface area contributed by atoms with Crippen LogP contribution in [0.4, 0.5) is 13.2 Å². The first-order valence-electron chi connectivity index (χ1n) is 7.20. The Kier molecular flexibility index (Phi) is 4.33. The Balaban J connectivity index is 2.11. The van der Waals surface area contributed by atoms with Gasteiger partial charge in [-0.2, -0.15) is 13.2 Å². The number of rotatable bonds is 1. The number of fused-ring (bicyclic) bond motifs is 1. The van der Waals surface area contributed by atoms with E-state index in [9.17, 15) is 18.0 Å². The fourth-order valence-electron chi connectivity index (χ4n) is 3.62. The number of hydrogen-bond donors (Lipinski definition) is 0. The monoisotopic (exact) mass is 293 g/mol. The Hall–Kier alpha value is -0.780.